The summed E-state index contributed by atoms with van der Waals surface area (Å²) in [5.41, 5.74) is 0. The molecule has 0 aromatic heterocycles. The summed E-state index contributed by atoms with van der Waals surface area (Å²) in [5, 5.41) is 0. The third-order valence-corrected chi connectivity index (χ3v) is 1.22. The van der Waals surface area contributed by atoms with Crippen molar-refractivity contribution < 1.29 is 19.0 Å². The maximum Gasteiger partial charge on any atom is 0.332 e. The van der Waals surface area contributed by atoms with Crippen LogP contribution in [0.5, 0.6) is 0 Å². The molecule has 0 rings (SSSR count). The van der Waals surface area contributed by atoms with Gasteiger partial charge in [-0.25, -0.2) is 4.79 Å². The van der Waals surface area contributed by atoms with Crippen LogP contribution in [-0.2, 0) is 19.0 Å². The Kier molecular flexibility index (Phi) is 7.24. The van der Waals surface area contributed by atoms with Crippen molar-refractivity contribution in [3.05, 3.63) is 12.7 Å². The van der Waals surface area contributed by atoms with E-state index in [9.17, 15) is 4.79 Å². The van der Waals surface area contributed by atoms with Crippen LogP contribution in [0, 0.1) is 0 Å². The van der Waals surface area contributed by atoms with Gasteiger partial charge in [0.05, 0.1) is 0 Å². The maximum absolute atomic E-state index is 10.8. The van der Waals surface area contributed by atoms with Crippen molar-refractivity contribution in [1.29, 1.82) is 0 Å². The second-order valence-corrected chi connectivity index (χ2v) is 2.19. The predicted octanol–water partition coefficient (Wildman–Crippen LogP) is 1.11. The number of hydrogen-bond acceptors (Lipinski definition) is 4. The lowest BCUT2D eigenvalue weighted by molar-refractivity contribution is -0.184. The van der Waals surface area contributed by atoms with Gasteiger partial charge in [0.2, 0.25) is 6.29 Å². The highest BCUT2D eigenvalue weighted by Crippen LogP contribution is 1.97. The first-order valence-corrected chi connectivity index (χ1v) is 4.27. The molecule has 76 valence electrons. The zero-order valence-electron chi connectivity index (χ0n) is 8.12. The van der Waals surface area contributed by atoms with Gasteiger partial charge in [-0.3, -0.25) is 0 Å². The van der Waals surface area contributed by atoms with E-state index < -0.39 is 12.3 Å². The molecule has 0 fully saturated rings. The third-order valence-electron chi connectivity index (χ3n) is 1.22. The van der Waals surface area contributed by atoms with E-state index in [1.54, 1.807) is 0 Å². The molecule has 1 unspecified atom stereocenters. The van der Waals surface area contributed by atoms with Gasteiger partial charge in [-0.15, -0.1) is 0 Å². The van der Waals surface area contributed by atoms with Crippen molar-refractivity contribution in [2.24, 2.45) is 0 Å². The summed E-state index contributed by atoms with van der Waals surface area (Å²) >= 11 is 0. The normalized spacial score (nSPS) is 12.2. The first-order valence-electron chi connectivity index (χ1n) is 4.27. The van der Waals surface area contributed by atoms with Crippen molar-refractivity contribution in [2.75, 3.05) is 19.8 Å². The molecule has 1 atom stereocenters. The molecule has 0 aliphatic carbocycles. The zero-order chi connectivity index (χ0) is 10.1. The van der Waals surface area contributed by atoms with Crippen LogP contribution in [0.15, 0.2) is 12.7 Å². The fourth-order valence-corrected chi connectivity index (χ4v) is 0.694. The van der Waals surface area contributed by atoms with Gasteiger partial charge in [-0.2, -0.15) is 0 Å². The molecule has 0 saturated heterocycles. The summed E-state index contributed by atoms with van der Waals surface area (Å²) in [4.78, 5) is 10.8. The Hall–Kier alpha value is -0.870. The fraction of sp³-hybridized carbons (Fsp3) is 0.667. The van der Waals surface area contributed by atoms with Gasteiger partial charge in [0.1, 0.15) is 6.61 Å². The van der Waals surface area contributed by atoms with E-state index in [0.717, 1.165) is 6.08 Å². The Morgan fingerprint density at radius 3 is 2.62 bits per heavy atom. The van der Waals surface area contributed by atoms with Crippen molar-refractivity contribution in [1.82, 2.24) is 0 Å². The van der Waals surface area contributed by atoms with Crippen molar-refractivity contribution in [3.8, 4) is 0 Å². The molecule has 13 heavy (non-hydrogen) atoms. The molecule has 0 aromatic carbocycles. The summed E-state index contributed by atoms with van der Waals surface area (Å²) in [7, 11) is 0. The molecule has 0 aliphatic heterocycles. The van der Waals surface area contributed by atoms with E-state index in [1.165, 1.54) is 0 Å². The SMILES string of the molecule is C=CC(=O)OC(COCC)OCC. The van der Waals surface area contributed by atoms with Gasteiger partial charge in [-0.05, 0) is 13.8 Å². The Bertz CT molecular complexity index is 156. The van der Waals surface area contributed by atoms with E-state index in [1.807, 2.05) is 13.8 Å². The molecule has 0 N–H and O–H groups in total. The van der Waals surface area contributed by atoms with Gasteiger partial charge in [0, 0.05) is 19.3 Å². The van der Waals surface area contributed by atoms with Gasteiger partial charge >= 0.3 is 5.97 Å². The monoisotopic (exact) mass is 188 g/mol. The van der Waals surface area contributed by atoms with Crippen molar-refractivity contribution in [2.45, 2.75) is 20.1 Å². The lowest BCUT2D eigenvalue weighted by Gasteiger charge is -2.15. The van der Waals surface area contributed by atoms with Crippen LogP contribution >= 0.6 is 0 Å². The third kappa shape index (κ3) is 6.31. The molecule has 0 heterocycles. The minimum Gasteiger partial charge on any atom is -0.430 e. The highest BCUT2D eigenvalue weighted by atomic mass is 16.7. The van der Waals surface area contributed by atoms with Crippen LogP contribution < -0.4 is 0 Å². The average Bonchev–Trinajstić information content (AvgIpc) is 2.14. The van der Waals surface area contributed by atoms with E-state index in [0.29, 0.717) is 13.2 Å². The second kappa shape index (κ2) is 7.76. The molecule has 0 saturated carbocycles. The number of hydrogen-bond donors (Lipinski definition) is 0. The van der Waals surface area contributed by atoms with Gasteiger partial charge in [0.25, 0.3) is 0 Å². The minimum absolute atomic E-state index is 0.254. The molecular weight excluding hydrogens is 172 g/mol. The van der Waals surface area contributed by atoms with E-state index in [2.05, 4.69) is 6.58 Å². The first kappa shape index (κ1) is 12.1. The molecule has 0 bridgehead atoms. The van der Waals surface area contributed by atoms with Crippen LogP contribution in [-0.4, -0.2) is 32.1 Å². The number of carbonyl (C=O) groups is 1. The number of carbonyl (C=O) groups excluding carboxylic acids is 1. The van der Waals surface area contributed by atoms with Crippen molar-refractivity contribution >= 4 is 5.97 Å². The van der Waals surface area contributed by atoms with Gasteiger partial charge in [0.15, 0.2) is 0 Å². The molecule has 0 aliphatic rings. The molecule has 4 heteroatoms. The Labute approximate surface area is 78.5 Å². The number of rotatable bonds is 7. The summed E-state index contributed by atoms with van der Waals surface area (Å²) in [6, 6.07) is 0. The molecule has 0 radical (unpaired) electrons. The topological polar surface area (TPSA) is 44.8 Å². The van der Waals surface area contributed by atoms with Crippen LogP contribution in [0.2, 0.25) is 0 Å². The maximum atomic E-state index is 10.8. The fourth-order valence-electron chi connectivity index (χ4n) is 0.694. The zero-order valence-corrected chi connectivity index (χ0v) is 8.12. The van der Waals surface area contributed by atoms with Gasteiger partial charge in [-0.1, -0.05) is 6.58 Å². The van der Waals surface area contributed by atoms with Crippen LogP contribution in [0.3, 0.4) is 0 Å². The first-order chi connectivity index (χ1) is 6.24. The summed E-state index contributed by atoms with van der Waals surface area (Å²) in [6.07, 6.45) is 0.466. The molecule has 4 nitrogen and oxygen atoms in total. The lowest BCUT2D eigenvalue weighted by atomic mass is 10.6. The molecule has 0 aromatic rings. The second-order valence-electron chi connectivity index (χ2n) is 2.19. The summed E-state index contributed by atoms with van der Waals surface area (Å²) < 4.78 is 15.0. The largest absolute Gasteiger partial charge is 0.430 e. The van der Waals surface area contributed by atoms with Crippen LogP contribution in [0.4, 0.5) is 0 Å². The smallest absolute Gasteiger partial charge is 0.332 e. The standard InChI is InChI=1S/C9H16O4/c1-4-8(10)13-9(12-6-3)7-11-5-2/h4,9H,1,5-7H2,2-3H3. The van der Waals surface area contributed by atoms with E-state index >= 15 is 0 Å². The summed E-state index contributed by atoms with van der Waals surface area (Å²) in [5.74, 6) is -0.502. The number of esters is 1. The van der Waals surface area contributed by atoms with Gasteiger partial charge < -0.3 is 14.2 Å². The van der Waals surface area contributed by atoms with Crippen LogP contribution in [0.25, 0.3) is 0 Å². The quantitative estimate of drug-likeness (QED) is 0.341. The predicted molar refractivity (Wildman–Crippen MR) is 48.2 cm³/mol. The highest BCUT2D eigenvalue weighted by molar-refractivity contribution is 5.81. The van der Waals surface area contributed by atoms with E-state index in [4.69, 9.17) is 14.2 Å². The molecule has 0 spiro atoms. The Balaban J connectivity index is 3.78. The lowest BCUT2D eigenvalue weighted by Crippen LogP contribution is -2.25. The number of ether oxygens (including phenoxy) is 3. The highest BCUT2D eigenvalue weighted by Gasteiger charge is 2.11. The Morgan fingerprint density at radius 2 is 2.15 bits per heavy atom. The molecular formula is C9H16O4. The minimum atomic E-state index is -0.629. The average molecular weight is 188 g/mol. The Morgan fingerprint density at radius 1 is 1.46 bits per heavy atom. The molecule has 0 amide bonds. The van der Waals surface area contributed by atoms with Crippen molar-refractivity contribution in [3.63, 3.8) is 0 Å². The van der Waals surface area contributed by atoms with Crippen LogP contribution in [0.1, 0.15) is 13.8 Å². The summed E-state index contributed by atoms with van der Waals surface area (Å²) in [6.45, 7) is 8.26. The van der Waals surface area contributed by atoms with E-state index in [-0.39, 0.29) is 6.61 Å².